The average Bonchev–Trinajstić information content (AvgIpc) is 2.96. The minimum atomic E-state index is -0.873. The molecule has 1 aliphatic heterocycles. The van der Waals surface area contributed by atoms with Crippen molar-refractivity contribution in [3.63, 3.8) is 0 Å². The predicted molar refractivity (Wildman–Crippen MR) is 113 cm³/mol. The van der Waals surface area contributed by atoms with E-state index in [1.807, 2.05) is 20.8 Å². The normalized spacial score (nSPS) is 23.4. The Hall–Kier alpha value is -2.90. The van der Waals surface area contributed by atoms with Gasteiger partial charge in [-0.25, -0.2) is 4.79 Å². The maximum Gasteiger partial charge on any atom is 0.325 e. The monoisotopic (exact) mass is 414 g/mol. The van der Waals surface area contributed by atoms with Gasteiger partial charge in [0.1, 0.15) is 12.1 Å². The highest BCUT2D eigenvalue weighted by molar-refractivity contribution is 6.10. The maximum atomic E-state index is 13.0. The molecule has 5 amide bonds. The number of urea groups is 1. The minimum Gasteiger partial charge on any atom is -0.339 e. The Balaban J connectivity index is 1.62. The predicted octanol–water partition coefficient (Wildman–Crippen LogP) is 2.61. The molecule has 8 heteroatoms. The Kier molecular flexibility index (Phi) is 6.43. The van der Waals surface area contributed by atoms with E-state index in [2.05, 4.69) is 10.6 Å². The Morgan fingerprint density at radius 2 is 1.83 bits per heavy atom. The van der Waals surface area contributed by atoms with Crippen molar-refractivity contribution in [1.29, 1.82) is 0 Å². The molecule has 0 bridgehead atoms. The van der Waals surface area contributed by atoms with Gasteiger partial charge in [0.05, 0.1) is 0 Å². The minimum absolute atomic E-state index is 0.0478. The third kappa shape index (κ3) is 4.04. The molecule has 1 aliphatic carbocycles. The highest BCUT2D eigenvalue weighted by Gasteiger charge is 2.55. The number of imide groups is 1. The molecule has 1 aromatic rings. The van der Waals surface area contributed by atoms with E-state index in [0.29, 0.717) is 30.8 Å². The summed E-state index contributed by atoms with van der Waals surface area (Å²) in [5.41, 5.74) is 0.171. The first-order valence-electron chi connectivity index (χ1n) is 10.7. The second kappa shape index (κ2) is 8.85. The smallest absolute Gasteiger partial charge is 0.325 e. The fourth-order valence-corrected chi connectivity index (χ4v) is 4.37. The van der Waals surface area contributed by atoms with Gasteiger partial charge in [0.25, 0.3) is 11.8 Å². The maximum absolute atomic E-state index is 13.0. The van der Waals surface area contributed by atoms with Gasteiger partial charge in [-0.05, 0) is 56.9 Å². The lowest BCUT2D eigenvalue weighted by molar-refractivity contribution is -0.136. The van der Waals surface area contributed by atoms with Crippen LogP contribution in [0.4, 0.5) is 10.5 Å². The molecule has 2 N–H and O–H groups in total. The molecule has 1 spiro atoms. The molecule has 1 heterocycles. The van der Waals surface area contributed by atoms with Gasteiger partial charge in [0.2, 0.25) is 5.91 Å². The summed E-state index contributed by atoms with van der Waals surface area (Å²) in [5.74, 6) is -0.785. The van der Waals surface area contributed by atoms with Gasteiger partial charge in [-0.2, -0.15) is 0 Å². The molecule has 1 saturated carbocycles. The van der Waals surface area contributed by atoms with Crippen LogP contribution in [0.25, 0.3) is 0 Å². The van der Waals surface area contributed by atoms with E-state index in [-0.39, 0.29) is 24.3 Å². The summed E-state index contributed by atoms with van der Waals surface area (Å²) in [6.45, 7) is 6.73. The van der Waals surface area contributed by atoms with E-state index in [1.54, 1.807) is 29.2 Å². The number of nitrogens with one attached hydrogen (secondary N) is 2. The number of rotatable bonds is 6. The lowest BCUT2D eigenvalue weighted by atomic mass is 9.73. The summed E-state index contributed by atoms with van der Waals surface area (Å²) in [6, 6.07) is 6.09. The summed E-state index contributed by atoms with van der Waals surface area (Å²) in [4.78, 5) is 52.9. The van der Waals surface area contributed by atoms with Crippen LogP contribution in [-0.4, -0.2) is 58.7 Å². The molecule has 1 saturated heterocycles. The van der Waals surface area contributed by atoms with Crippen LogP contribution in [0.1, 0.15) is 56.8 Å². The molecule has 0 unspecified atom stereocenters. The first kappa shape index (κ1) is 21.8. The number of benzene rings is 1. The van der Waals surface area contributed by atoms with Gasteiger partial charge in [0.15, 0.2) is 0 Å². The van der Waals surface area contributed by atoms with Crippen molar-refractivity contribution < 1.29 is 19.2 Å². The molecular formula is C22H30N4O4. The number of amides is 5. The van der Waals surface area contributed by atoms with E-state index in [4.69, 9.17) is 0 Å². The molecular weight excluding hydrogens is 384 g/mol. The van der Waals surface area contributed by atoms with Gasteiger partial charge in [-0.3, -0.25) is 19.3 Å². The molecule has 30 heavy (non-hydrogen) atoms. The number of hydrogen-bond donors (Lipinski definition) is 2. The zero-order valence-electron chi connectivity index (χ0n) is 17.9. The SMILES string of the molecule is CCN(CC)C(=O)c1ccc(NC(=O)CN2C(=O)N[C@]3(CCCC[C@@H]3C)C2=O)cc1. The number of hydrogen-bond acceptors (Lipinski definition) is 4. The molecule has 3 rings (SSSR count). The lowest BCUT2D eigenvalue weighted by Crippen LogP contribution is -2.54. The van der Waals surface area contributed by atoms with Crippen LogP contribution in [0, 0.1) is 5.92 Å². The zero-order valence-corrected chi connectivity index (χ0v) is 17.9. The van der Waals surface area contributed by atoms with Crippen molar-refractivity contribution in [2.75, 3.05) is 25.0 Å². The molecule has 2 atom stereocenters. The van der Waals surface area contributed by atoms with Crippen LogP contribution in [-0.2, 0) is 9.59 Å². The number of carbonyl (C=O) groups is 4. The topological polar surface area (TPSA) is 98.8 Å². The van der Waals surface area contributed by atoms with Crippen LogP contribution >= 0.6 is 0 Å². The summed E-state index contributed by atoms with van der Waals surface area (Å²) in [7, 11) is 0. The van der Waals surface area contributed by atoms with Crippen LogP contribution in [0.5, 0.6) is 0 Å². The van der Waals surface area contributed by atoms with Gasteiger partial charge in [-0.15, -0.1) is 0 Å². The molecule has 1 aromatic carbocycles. The average molecular weight is 415 g/mol. The van der Waals surface area contributed by atoms with Gasteiger partial charge >= 0.3 is 6.03 Å². The van der Waals surface area contributed by atoms with Gasteiger partial charge < -0.3 is 15.5 Å². The van der Waals surface area contributed by atoms with Crippen LogP contribution in [0.2, 0.25) is 0 Å². The van der Waals surface area contributed by atoms with Gasteiger partial charge in [-0.1, -0.05) is 19.8 Å². The fraction of sp³-hybridized carbons (Fsp3) is 0.545. The highest BCUT2D eigenvalue weighted by Crippen LogP contribution is 2.38. The van der Waals surface area contributed by atoms with E-state index >= 15 is 0 Å². The Labute approximate surface area is 177 Å². The summed E-state index contributed by atoms with van der Waals surface area (Å²) in [6.07, 6.45) is 3.41. The standard InChI is InChI=1S/C22H30N4O4/c1-4-25(5-2)19(28)16-9-11-17(12-10-16)23-18(27)14-26-20(29)22(24-21(26)30)13-7-6-8-15(22)3/h9-12,15H,4-8,13-14H2,1-3H3,(H,23,27)(H,24,30)/t15-,22-/m0/s1. The van der Waals surface area contributed by atoms with Crippen molar-refractivity contribution in [3.8, 4) is 0 Å². The third-order valence-electron chi connectivity index (χ3n) is 6.27. The number of carbonyl (C=O) groups excluding carboxylic acids is 4. The van der Waals surface area contributed by atoms with Crippen molar-refractivity contribution in [1.82, 2.24) is 15.1 Å². The molecule has 162 valence electrons. The zero-order chi connectivity index (χ0) is 21.9. The van der Waals surface area contributed by atoms with E-state index < -0.39 is 17.5 Å². The van der Waals surface area contributed by atoms with Crippen molar-refractivity contribution in [2.45, 2.75) is 52.0 Å². The van der Waals surface area contributed by atoms with Crippen LogP contribution in [0.15, 0.2) is 24.3 Å². The number of nitrogens with zero attached hydrogens (tertiary/aromatic N) is 2. The van der Waals surface area contributed by atoms with Crippen molar-refractivity contribution >= 4 is 29.4 Å². The Morgan fingerprint density at radius 3 is 2.43 bits per heavy atom. The second-order valence-electron chi connectivity index (χ2n) is 8.04. The number of anilines is 1. The summed E-state index contributed by atoms with van der Waals surface area (Å²) < 4.78 is 0. The largest absolute Gasteiger partial charge is 0.339 e. The molecule has 8 nitrogen and oxygen atoms in total. The lowest BCUT2D eigenvalue weighted by Gasteiger charge is -2.36. The van der Waals surface area contributed by atoms with E-state index in [1.165, 1.54) is 0 Å². The molecule has 0 aromatic heterocycles. The van der Waals surface area contributed by atoms with E-state index in [0.717, 1.165) is 24.2 Å². The van der Waals surface area contributed by atoms with Crippen molar-refractivity contribution in [2.24, 2.45) is 5.92 Å². The molecule has 0 radical (unpaired) electrons. The highest BCUT2D eigenvalue weighted by atomic mass is 16.2. The van der Waals surface area contributed by atoms with Crippen LogP contribution in [0.3, 0.4) is 0 Å². The Morgan fingerprint density at radius 1 is 1.17 bits per heavy atom. The molecule has 2 aliphatic rings. The summed E-state index contributed by atoms with van der Waals surface area (Å²) >= 11 is 0. The fourth-order valence-electron chi connectivity index (χ4n) is 4.37. The third-order valence-corrected chi connectivity index (χ3v) is 6.27. The van der Waals surface area contributed by atoms with Gasteiger partial charge in [0, 0.05) is 24.3 Å². The first-order chi connectivity index (χ1) is 14.3. The van der Waals surface area contributed by atoms with E-state index in [9.17, 15) is 19.2 Å². The molecule has 2 fully saturated rings. The van der Waals surface area contributed by atoms with Crippen molar-refractivity contribution in [3.05, 3.63) is 29.8 Å². The first-order valence-corrected chi connectivity index (χ1v) is 10.7. The van der Waals surface area contributed by atoms with Crippen LogP contribution < -0.4 is 10.6 Å². The second-order valence-corrected chi connectivity index (χ2v) is 8.04. The Bertz CT molecular complexity index is 834. The summed E-state index contributed by atoms with van der Waals surface area (Å²) in [5, 5.41) is 5.54. The quantitative estimate of drug-likeness (QED) is 0.699.